The van der Waals surface area contributed by atoms with Crippen molar-refractivity contribution in [2.24, 2.45) is 0 Å². The van der Waals surface area contributed by atoms with Gasteiger partial charge >= 0.3 is 0 Å². The summed E-state index contributed by atoms with van der Waals surface area (Å²) in [6.45, 7) is 1.27. The molecule has 1 N–H and O–H groups in total. The molecule has 2 amide bonds. The van der Waals surface area contributed by atoms with Gasteiger partial charge in [-0.3, -0.25) is 9.59 Å². The van der Waals surface area contributed by atoms with Gasteiger partial charge in [0.2, 0.25) is 11.8 Å². The lowest BCUT2D eigenvalue weighted by molar-refractivity contribution is -0.131. The lowest BCUT2D eigenvalue weighted by Crippen LogP contribution is -2.36. The van der Waals surface area contributed by atoms with E-state index in [1.807, 2.05) is 0 Å². The van der Waals surface area contributed by atoms with Crippen LogP contribution in [0.1, 0.15) is 12.0 Å². The van der Waals surface area contributed by atoms with Gasteiger partial charge in [-0.2, -0.15) is 0 Å². The smallest absolute Gasteiger partial charge is 0.247 e. The zero-order valence-corrected chi connectivity index (χ0v) is 12.2. The molecule has 1 aromatic rings. The summed E-state index contributed by atoms with van der Waals surface area (Å²) in [5.41, 5.74) is 0.745. The van der Waals surface area contributed by atoms with E-state index in [-0.39, 0.29) is 18.4 Å². The molecular formula is C14H14Cl2N2O2. The molecule has 20 heavy (non-hydrogen) atoms. The summed E-state index contributed by atoms with van der Waals surface area (Å²) >= 11 is 11.8. The van der Waals surface area contributed by atoms with E-state index in [1.54, 1.807) is 24.3 Å². The molecule has 0 spiro atoms. The Bertz CT molecular complexity index is 538. The summed E-state index contributed by atoms with van der Waals surface area (Å²) in [5, 5.41) is 3.75. The van der Waals surface area contributed by atoms with Crippen LogP contribution in [-0.4, -0.2) is 36.3 Å². The van der Waals surface area contributed by atoms with Gasteiger partial charge in [-0.25, -0.2) is 0 Å². The van der Waals surface area contributed by atoms with Crippen molar-refractivity contribution in [3.63, 3.8) is 0 Å². The Morgan fingerprint density at radius 3 is 2.65 bits per heavy atom. The first-order valence-corrected chi connectivity index (χ1v) is 7.00. The fourth-order valence-electron chi connectivity index (χ4n) is 1.94. The molecule has 1 aliphatic rings. The SMILES string of the molecule is O=C1CN(C(=O)C=Cc2cc(Cl)cc(Cl)c2)CCCN1. The van der Waals surface area contributed by atoms with Crippen LogP contribution in [0, 0.1) is 0 Å². The summed E-state index contributed by atoms with van der Waals surface area (Å²) in [6, 6.07) is 5.06. The standard InChI is InChI=1S/C14H14Cl2N2O2/c15-11-6-10(7-12(16)8-11)2-3-14(20)18-5-1-4-17-13(19)9-18/h2-3,6-8H,1,4-5,9H2,(H,17,19). The molecule has 0 radical (unpaired) electrons. The summed E-state index contributed by atoms with van der Waals surface area (Å²) in [6.07, 6.45) is 3.83. The van der Waals surface area contributed by atoms with Crippen LogP contribution in [0.5, 0.6) is 0 Å². The van der Waals surface area contributed by atoms with Crippen molar-refractivity contribution in [1.82, 2.24) is 10.2 Å². The van der Waals surface area contributed by atoms with Gasteiger partial charge in [-0.05, 0) is 36.3 Å². The highest BCUT2D eigenvalue weighted by Crippen LogP contribution is 2.19. The van der Waals surface area contributed by atoms with Gasteiger partial charge in [0.05, 0.1) is 6.54 Å². The van der Waals surface area contributed by atoms with E-state index in [0.717, 1.165) is 12.0 Å². The Labute approximate surface area is 127 Å². The zero-order chi connectivity index (χ0) is 14.5. The second-order valence-electron chi connectivity index (χ2n) is 4.50. The zero-order valence-electron chi connectivity index (χ0n) is 10.7. The summed E-state index contributed by atoms with van der Waals surface area (Å²) in [7, 11) is 0. The lowest BCUT2D eigenvalue weighted by Gasteiger charge is -2.16. The molecule has 0 saturated carbocycles. The molecule has 1 aliphatic heterocycles. The first kappa shape index (κ1) is 14.9. The molecule has 1 saturated heterocycles. The second kappa shape index (κ2) is 6.77. The molecule has 1 heterocycles. The average Bonchev–Trinajstić information content (AvgIpc) is 2.59. The van der Waals surface area contributed by atoms with E-state index in [0.29, 0.717) is 23.1 Å². The number of amides is 2. The van der Waals surface area contributed by atoms with Gasteiger partial charge in [-0.15, -0.1) is 0 Å². The Morgan fingerprint density at radius 1 is 1.25 bits per heavy atom. The summed E-state index contributed by atoms with van der Waals surface area (Å²) in [4.78, 5) is 24.9. The third-order valence-electron chi connectivity index (χ3n) is 2.88. The Balaban J connectivity index is 2.06. The van der Waals surface area contributed by atoms with Crippen molar-refractivity contribution in [3.05, 3.63) is 39.9 Å². The maximum Gasteiger partial charge on any atom is 0.247 e. The van der Waals surface area contributed by atoms with Gasteiger partial charge in [0.1, 0.15) is 0 Å². The number of carbonyl (C=O) groups is 2. The van der Waals surface area contributed by atoms with E-state index < -0.39 is 0 Å². The molecule has 2 rings (SSSR count). The minimum atomic E-state index is -0.196. The van der Waals surface area contributed by atoms with Gasteiger partial charge in [0, 0.05) is 29.2 Å². The Hall–Kier alpha value is -1.52. The van der Waals surface area contributed by atoms with Crippen LogP contribution >= 0.6 is 23.2 Å². The van der Waals surface area contributed by atoms with E-state index in [1.165, 1.54) is 11.0 Å². The first-order valence-electron chi connectivity index (χ1n) is 6.24. The quantitative estimate of drug-likeness (QED) is 0.852. The van der Waals surface area contributed by atoms with Crippen LogP contribution in [-0.2, 0) is 9.59 Å². The number of hydrogen-bond acceptors (Lipinski definition) is 2. The van der Waals surface area contributed by atoms with Crippen molar-refractivity contribution < 1.29 is 9.59 Å². The maximum absolute atomic E-state index is 12.0. The number of nitrogens with one attached hydrogen (secondary N) is 1. The number of benzene rings is 1. The Morgan fingerprint density at radius 2 is 1.95 bits per heavy atom. The number of carbonyl (C=O) groups excluding carboxylic acids is 2. The normalized spacial score (nSPS) is 16.1. The van der Waals surface area contributed by atoms with Crippen molar-refractivity contribution in [1.29, 1.82) is 0 Å². The van der Waals surface area contributed by atoms with Gasteiger partial charge < -0.3 is 10.2 Å². The van der Waals surface area contributed by atoms with Crippen LogP contribution in [0.25, 0.3) is 6.08 Å². The molecular weight excluding hydrogens is 299 g/mol. The fourth-order valence-corrected chi connectivity index (χ4v) is 2.48. The molecule has 6 heteroatoms. The molecule has 0 aliphatic carbocycles. The van der Waals surface area contributed by atoms with Crippen LogP contribution in [0.4, 0.5) is 0 Å². The summed E-state index contributed by atoms with van der Waals surface area (Å²) < 4.78 is 0. The highest BCUT2D eigenvalue weighted by atomic mass is 35.5. The molecule has 0 atom stereocenters. The first-order chi connectivity index (χ1) is 9.54. The maximum atomic E-state index is 12.0. The molecule has 1 aromatic carbocycles. The van der Waals surface area contributed by atoms with Crippen molar-refractivity contribution in [2.45, 2.75) is 6.42 Å². The van der Waals surface area contributed by atoms with E-state index in [9.17, 15) is 9.59 Å². The van der Waals surface area contributed by atoms with Gasteiger partial charge in [0.15, 0.2) is 0 Å². The van der Waals surface area contributed by atoms with Crippen molar-refractivity contribution >= 4 is 41.1 Å². The molecule has 106 valence electrons. The monoisotopic (exact) mass is 312 g/mol. The summed E-state index contributed by atoms with van der Waals surface area (Å²) in [5.74, 6) is -0.326. The third kappa shape index (κ3) is 4.25. The molecule has 0 bridgehead atoms. The largest absolute Gasteiger partial charge is 0.354 e. The lowest BCUT2D eigenvalue weighted by atomic mass is 10.2. The predicted octanol–water partition coefficient (Wildman–Crippen LogP) is 2.36. The minimum Gasteiger partial charge on any atom is -0.354 e. The fraction of sp³-hybridized carbons (Fsp3) is 0.286. The highest BCUT2D eigenvalue weighted by Gasteiger charge is 2.17. The second-order valence-corrected chi connectivity index (χ2v) is 5.37. The minimum absolute atomic E-state index is 0.0967. The number of hydrogen-bond donors (Lipinski definition) is 1. The Kier molecular flexibility index (Phi) is 5.04. The highest BCUT2D eigenvalue weighted by molar-refractivity contribution is 6.34. The molecule has 0 aromatic heterocycles. The number of nitrogens with zero attached hydrogens (tertiary/aromatic N) is 1. The van der Waals surface area contributed by atoms with E-state index in [4.69, 9.17) is 23.2 Å². The predicted molar refractivity (Wildman–Crippen MR) is 79.7 cm³/mol. The van der Waals surface area contributed by atoms with Crippen LogP contribution < -0.4 is 5.32 Å². The van der Waals surface area contributed by atoms with Crippen molar-refractivity contribution in [2.75, 3.05) is 19.6 Å². The van der Waals surface area contributed by atoms with Crippen molar-refractivity contribution in [3.8, 4) is 0 Å². The van der Waals surface area contributed by atoms with Crippen LogP contribution in [0.2, 0.25) is 10.0 Å². The number of halogens is 2. The van der Waals surface area contributed by atoms with E-state index >= 15 is 0 Å². The average molecular weight is 313 g/mol. The number of rotatable bonds is 2. The van der Waals surface area contributed by atoms with Gasteiger partial charge in [-0.1, -0.05) is 23.2 Å². The molecule has 1 fully saturated rings. The van der Waals surface area contributed by atoms with Crippen LogP contribution in [0.15, 0.2) is 24.3 Å². The molecule has 0 unspecified atom stereocenters. The van der Waals surface area contributed by atoms with Crippen LogP contribution in [0.3, 0.4) is 0 Å². The van der Waals surface area contributed by atoms with E-state index in [2.05, 4.69) is 5.32 Å². The topological polar surface area (TPSA) is 49.4 Å². The molecule has 4 nitrogen and oxygen atoms in total. The third-order valence-corrected chi connectivity index (χ3v) is 3.31. The van der Waals surface area contributed by atoms with Gasteiger partial charge in [0.25, 0.3) is 0 Å².